The largest absolute Gasteiger partial charge is 0.333 e. The molecular weight excluding hydrogens is 619 g/mol. The summed E-state index contributed by atoms with van der Waals surface area (Å²) in [6.45, 7) is 0. The zero-order valence-corrected chi connectivity index (χ0v) is 28.4. The normalized spacial score (nSPS) is 20.0. The Hall–Kier alpha value is -6.06. The van der Waals surface area contributed by atoms with Crippen molar-refractivity contribution >= 4 is 57.1 Å². The monoisotopic (exact) mass is 655 g/mol. The molecule has 244 valence electrons. The average Bonchev–Trinajstić information content (AvgIpc) is 3.83. The molecule has 3 heterocycles. The molecular formula is C48H37N3. The van der Waals surface area contributed by atoms with Crippen LogP contribution in [0.4, 0.5) is 11.4 Å². The second-order valence-corrected chi connectivity index (χ2v) is 14.3. The fourth-order valence-electron chi connectivity index (χ4n) is 9.53. The molecule has 5 aromatic carbocycles. The lowest BCUT2D eigenvalue weighted by Crippen LogP contribution is -2.40. The number of nitrogens with zero attached hydrogens (tertiary/aromatic N) is 3. The van der Waals surface area contributed by atoms with E-state index in [0.29, 0.717) is 0 Å². The first-order valence-electron chi connectivity index (χ1n) is 18.4. The molecule has 0 amide bonds. The smallest absolute Gasteiger partial charge is 0.0636 e. The number of para-hydroxylation sites is 5. The molecule has 11 rings (SSSR count). The molecule has 51 heavy (non-hydrogen) atoms. The summed E-state index contributed by atoms with van der Waals surface area (Å²) in [5, 5.41) is 5.36. The van der Waals surface area contributed by atoms with E-state index in [-0.39, 0.29) is 17.9 Å². The molecule has 4 aliphatic rings. The van der Waals surface area contributed by atoms with Crippen LogP contribution in [0, 0.1) is 0 Å². The highest BCUT2D eigenvalue weighted by Gasteiger charge is 2.39. The Kier molecular flexibility index (Phi) is 6.33. The van der Waals surface area contributed by atoms with E-state index >= 15 is 0 Å². The predicted octanol–water partition coefficient (Wildman–Crippen LogP) is 10.0. The molecule has 0 fully saturated rings. The van der Waals surface area contributed by atoms with Gasteiger partial charge in [-0.15, -0.1) is 0 Å². The molecule has 0 radical (unpaired) electrons. The summed E-state index contributed by atoms with van der Waals surface area (Å²) < 4.78 is 5.09. The summed E-state index contributed by atoms with van der Waals surface area (Å²) >= 11 is 0. The molecule has 0 spiro atoms. The van der Waals surface area contributed by atoms with E-state index < -0.39 is 0 Å². The van der Waals surface area contributed by atoms with Crippen LogP contribution in [-0.2, 0) is 6.42 Å². The number of benzene rings is 5. The van der Waals surface area contributed by atoms with Crippen molar-refractivity contribution in [2.75, 3.05) is 4.90 Å². The molecule has 3 atom stereocenters. The van der Waals surface area contributed by atoms with Crippen LogP contribution in [0.5, 0.6) is 0 Å². The van der Waals surface area contributed by atoms with E-state index in [2.05, 4.69) is 184 Å². The minimum atomic E-state index is 0.235. The number of rotatable bonds is 4. The molecule has 1 aliphatic heterocycles. The number of hydrogen-bond acceptors (Lipinski definition) is 1. The maximum absolute atomic E-state index is 2.60. The summed E-state index contributed by atoms with van der Waals surface area (Å²) in [5.41, 5.74) is 13.3. The van der Waals surface area contributed by atoms with E-state index in [1.54, 1.807) is 0 Å². The molecule has 0 bridgehead atoms. The van der Waals surface area contributed by atoms with Crippen molar-refractivity contribution < 1.29 is 0 Å². The molecule has 0 saturated heterocycles. The number of aromatic nitrogens is 2. The van der Waals surface area contributed by atoms with Crippen LogP contribution in [-0.4, -0.2) is 15.2 Å². The van der Waals surface area contributed by atoms with Gasteiger partial charge in [-0.05, 0) is 90.6 Å². The van der Waals surface area contributed by atoms with Crippen LogP contribution in [0.2, 0.25) is 0 Å². The molecule has 0 saturated carbocycles. The highest BCUT2D eigenvalue weighted by atomic mass is 15.2. The lowest BCUT2D eigenvalue weighted by molar-refractivity contribution is 0.789. The van der Waals surface area contributed by atoms with Gasteiger partial charge in [-0.25, -0.2) is 0 Å². The lowest BCUT2D eigenvalue weighted by atomic mass is 9.89. The van der Waals surface area contributed by atoms with Gasteiger partial charge in [-0.3, -0.25) is 0 Å². The minimum Gasteiger partial charge on any atom is -0.333 e. The Bertz CT molecular complexity index is 2700. The summed E-state index contributed by atoms with van der Waals surface area (Å²) in [5.74, 6) is 0.503. The second kappa shape index (κ2) is 11.2. The zero-order chi connectivity index (χ0) is 33.5. The predicted molar refractivity (Wildman–Crippen MR) is 213 cm³/mol. The summed E-state index contributed by atoms with van der Waals surface area (Å²) in [6, 6.07) is 47.0. The van der Waals surface area contributed by atoms with Crippen LogP contribution < -0.4 is 15.5 Å². The van der Waals surface area contributed by atoms with E-state index in [1.165, 1.54) is 77.5 Å². The van der Waals surface area contributed by atoms with Gasteiger partial charge >= 0.3 is 0 Å². The van der Waals surface area contributed by atoms with Crippen molar-refractivity contribution in [3.63, 3.8) is 0 Å². The molecule has 3 unspecified atom stereocenters. The van der Waals surface area contributed by atoms with Gasteiger partial charge < -0.3 is 14.0 Å². The Morgan fingerprint density at radius 2 is 1.29 bits per heavy atom. The Morgan fingerprint density at radius 1 is 0.608 bits per heavy atom. The summed E-state index contributed by atoms with van der Waals surface area (Å²) in [7, 11) is 0. The molecule has 3 nitrogen and oxygen atoms in total. The zero-order valence-electron chi connectivity index (χ0n) is 28.4. The van der Waals surface area contributed by atoms with E-state index in [0.717, 1.165) is 19.3 Å². The first-order chi connectivity index (χ1) is 25.3. The highest BCUT2D eigenvalue weighted by molar-refractivity contribution is 6.10. The van der Waals surface area contributed by atoms with Gasteiger partial charge in [0.25, 0.3) is 0 Å². The van der Waals surface area contributed by atoms with Gasteiger partial charge in [0, 0.05) is 56.3 Å². The molecule has 7 aromatic rings. The molecule has 2 aromatic heterocycles. The Morgan fingerprint density at radius 3 is 2.10 bits per heavy atom. The molecule has 3 heteroatoms. The van der Waals surface area contributed by atoms with Crippen molar-refractivity contribution in [2.45, 2.75) is 37.1 Å². The number of allylic oxidation sites excluding steroid dienone is 5. The highest BCUT2D eigenvalue weighted by Crippen LogP contribution is 2.47. The van der Waals surface area contributed by atoms with E-state index in [4.69, 9.17) is 0 Å². The lowest BCUT2D eigenvalue weighted by Gasteiger charge is -2.29. The molecule has 3 aliphatic carbocycles. The van der Waals surface area contributed by atoms with E-state index in [1.807, 2.05) is 0 Å². The van der Waals surface area contributed by atoms with Crippen molar-refractivity contribution in [3.8, 4) is 5.69 Å². The SMILES string of the molecule is C1=CC(c2ccccc2-n2c3c(c4c2=CC2c5ccccc5N(c5ccccc5)C2C=4)CCC=C3)CC(n2c3ccccc3c3ccccc32)=C1. The second-order valence-electron chi connectivity index (χ2n) is 14.3. The number of hydrogen-bond donors (Lipinski definition) is 0. The Balaban J connectivity index is 1.07. The van der Waals surface area contributed by atoms with Gasteiger partial charge in [0.15, 0.2) is 0 Å². The number of fused-ring (bicyclic) bond motifs is 9. The fraction of sp³-hybridized carbons (Fsp3) is 0.125. The van der Waals surface area contributed by atoms with Crippen LogP contribution in [0.25, 0.3) is 51.4 Å². The first kappa shape index (κ1) is 28.7. The molecule has 0 N–H and O–H groups in total. The Labute approximate surface area is 297 Å². The van der Waals surface area contributed by atoms with Gasteiger partial charge in [0.1, 0.15) is 0 Å². The minimum absolute atomic E-state index is 0.235. The summed E-state index contributed by atoms with van der Waals surface area (Å²) in [4.78, 5) is 2.56. The summed E-state index contributed by atoms with van der Waals surface area (Å²) in [6.07, 6.45) is 20.0. The third-order valence-electron chi connectivity index (χ3n) is 11.7. The third kappa shape index (κ3) is 4.24. The quantitative estimate of drug-likeness (QED) is 0.184. The maximum atomic E-state index is 2.60. The van der Waals surface area contributed by atoms with Gasteiger partial charge in [0.2, 0.25) is 0 Å². The maximum Gasteiger partial charge on any atom is 0.0636 e. The van der Waals surface area contributed by atoms with Crippen molar-refractivity contribution in [1.82, 2.24) is 9.13 Å². The van der Waals surface area contributed by atoms with Gasteiger partial charge in [-0.1, -0.05) is 115 Å². The third-order valence-corrected chi connectivity index (χ3v) is 11.7. The van der Waals surface area contributed by atoms with Gasteiger partial charge in [-0.2, -0.15) is 0 Å². The van der Waals surface area contributed by atoms with E-state index in [9.17, 15) is 0 Å². The van der Waals surface area contributed by atoms with Crippen molar-refractivity contribution in [2.24, 2.45) is 0 Å². The average molecular weight is 656 g/mol. The number of anilines is 2. The first-order valence-corrected chi connectivity index (χ1v) is 18.4. The van der Waals surface area contributed by atoms with Crippen molar-refractivity contribution in [1.29, 1.82) is 0 Å². The van der Waals surface area contributed by atoms with Crippen molar-refractivity contribution in [3.05, 3.63) is 185 Å². The fourth-order valence-corrected chi connectivity index (χ4v) is 9.53. The van der Waals surface area contributed by atoms with Crippen LogP contribution in [0.3, 0.4) is 0 Å². The standard InChI is InChI=1S/C48H37N3/c1-2-16-33(17-3-1)49-45-27-12-7-22-38(45)40-31-48-41(30-47(40)49)39-23-8-13-28-46(39)51(48)42-24-9-4-19-35(42)32-15-14-18-34(29-32)50-43-25-10-5-20-36(43)37-21-6-11-26-44(37)50/h1-7,9-22,24-28,30-32,40,47H,8,23,29H2. The van der Waals surface area contributed by atoms with Gasteiger partial charge in [0.05, 0.1) is 22.4 Å². The van der Waals surface area contributed by atoms with Crippen LogP contribution in [0.1, 0.15) is 47.1 Å². The topological polar surface area (TPSA) is 13.1 Å². The van der Waals surface area contributed by atoms with Crippen LogP contribution >= 0.6 is 0 Å². The van der Waals surface area contributed by atoms with Crippen LogP contribution in [0.15, 0.2) is 152 Å².